The number of imide groups is 1. The molecule has 8 nitrogen and oxygen atoms in total. The second-order valence-electron chi connectivity index (χ2n) is 7.77. The first-order valence-electron chi connectivity index (χ1n) is 8.74. The van der Waals surface area contributed by atoms with E-state index < -0.39 is 35.4 Å². The molecule has 0 saturated heterocycles. The Balaban J connectivity index is 1.54. The van der Waals surface area contributed by atoms with Crippen LogP contribution in [0.25, 0.3) is 0 Å². The zero-order valence-electron chi connectivity index (χ0n) is 15.7. The third-order valence-corrected chi connectivity index (χ3v) is 4.61. The van der Waals surface area contributed by atoms with Gasteiger partial charge >= 0.3 is 12.1 Å². The average molecular weight is 374 g/mol. The van der Waals surface area contributed by atoms with Gasteiger partial charge in [-0.25, -0.2) is 9.59 Å². The Morgan fingerprint density at radius 2 is 1.59 bits per heavy atom. The number of benzene rings is 1. The van der Waals surface area contributed by atoms with Gasteiger partial charge in [0.25, 0.3) is 11.8 Å². The number of ether oxygens (including phenoxy) is 1. The monoisotopic (exact) mass is 374 g/mol. The average Bonchev–Trinajstić information content (AvgIpc) is 2.77. The molecule has 1 aromatic rings. The number of carbonyl (C=O) groups excluding carboxylic acids is 4. The number of hydrogen-bond donors (Lipinski definition) is 0. The summed E-state index contributed by atoms with van der Waals surface area (Å²) in [5.41, 5.74) is -0.170. The largest absolute Gasteiger partial charge is 0.444 e. The summed E-state index contributed by atoms with van der Waals surface area (Å²) >= 11 is 0. The fourth-order valence-corrected chi connectivity index (χ4v) is 2.99. The van der Waals surface area contributed by atoms with E-state index in [1.165, 1.54) is 17.0 Å². The van der Waals surface area contributed by atoms with Crippen LogP contribution in [0.3, 0.4) is 0 Å². The third kappa shape index (κ3) is 3.65. The van der Waals surface area contributed by atoms with E-state index in [0.29, 0.717) is 17.9 Å². The van der Waals surface area contributed by atoms with Crippen molar-refractivity contribution in [2.75, 3.05) is 7.05 Å². The maximum absolute atomic E-state index is 12.3. The van der Waals surface area contributed by atoms with E-state index >= 15 is 0 Å². The van der Waals surface area contributed by atoms with Crippen LogP contribution in [-0.4, -0.2) is 52.5 Å². The normalized spacial score (nSPS) is 21.4. The first-order valence-corrected chi connectivity index (χ1v) is 8.74. The topological polar surface area (TPSA) is 93.2 Å². The van der Waals surface area contributed by atoms with E-state index in [9.17, 15) is 19.2 Å². The van der Waals surface area contributed by atoms with Gasteiger partial charge in [0.2, 0.25) is 0 Å². The molecule has 0 N–H and O–H groups in total. The van der Waals surface area contributed by atoms with Gasteiger partial charge in [0.1, 0.15) is 5.60 Å². The summed E-state index contributed by atoms with van der Waals surface area (Å²) in [4.78, 5) is 55.3. The maximum Gasteiger partial charge on any atom is 0.410 e. The Morgan fingerprint density at radius 3 is 2.07 bits per heavy atom. The number of amides is 3. The molecule has 0 spiro atoms. The van der Waals surface area contributed by atoms with E-state index in [1.54, 1.807) is 40.0 Å². The zero-order chi connectivity index (χ0) is 19.9. The highest BCUT2D eigenvalue weighted by Crippen LogP contribution is 2.34. The molecule has 1 heterocycles. The number of rotatable bonds is 3. The van der Waals surface area contributed by atoms with Gasteiger partial charge in [-0.3, -0.25) is 9.59 Å². The van der Waals surface area contributed by atoms with Crippen LogP contribution in [0.1, 0.15) is 54.3 Å². The molecule has 3 amide bonds. The Hall–Kier alpha value is -2.90. The fraction of sp³-hybridized carbons (Fsp3) is 0.474. The molecule has 0 atom stereocenters. The van der Waals surface area contributed by atoms with E-state index in [2.05, 4.69) is 0 Å². The minimum absolute atomic E-state index is 0.153. The van der Waals surface area contributed by atoms with Crippen molar-refractivity contribution in [1.29, 1.82) is 0 Å². The van der Waals surface area contributed by atoms with E-state index in [0.717, 1.165) is 0 Å². The molecule has 0 unspecified atom stereocenters. The second kappa shape index (κ2) is 6.68. The maximum atomic E-state index is 12.3. The summed E-state index contributed by atoms with van der Waals surface area (Å²) in [5.74, 6) is -2.43. The SMILES string of the molecule is CN(C(=O)OC(C)(C)C)C1CC(C(=O)ON2C(=O)c3ccccc3C2=O)C1. The third-order valence-electron chi connectivity index (χ3n) is 4.61. The lowest BCUT2D eigenvalue weighted by molar-refractivity contribution is -0.178. The number of hydroxylamine groups is 2. The quantitative estimate of drug-likeness (QED) is 0.754. The van der Waals surface area contributed by atoms with Gasteiger partial charge in [-0.2, -0.15) is 0 Å². The van der Waals surface area contributed by atoms with Crippen molar-refractivity contribution < 1.29 is 28.8 Å². The van der Waals surface area contributed by atoms with Crippen molar-refractivity contribution in [2.45, 2.75) is 45.3 Å². The highest BCUT2D eigenvalue weighted by atomic mass is 16.7. The molecule has 8 heteroatoms. The molecule has 1 aromatic carbocycles. The van der Waals surface area contributed by atoms with Gasteiger partial charge in [-0.1, -0.05) is 17.2 Å². The molecule has 0 aromatic heterocycles. The fourth-order valence-electron chi connectivity index (χ4n) is 2.99. The van der Waals surface area contributed by atoms with Crippen LogP contribution in [0.5, 0.6) is 0 Å². The predicted octanol–water partition coefficient (Wildman–Crippen LogP) is 2.39. The van der Waals surface area contributed by atoms with Crippen LogP contribution >= 0.6 is 0 Å². The van der Waals surface area contributed by atoms with Gasteiger partial charge in [-0.05, 0) is 45.7 Å². The lowest BCUT2D eigenvalue weighted by Gasteiger charge is -2.40. The van der Waals surface area contributed by atoms with Crippen LogP contribution < -0.4 is 0 Å². The van der Waals surface area contributed by atoms with Crippen molar-refractivity contribution in [1.82, 2.24) is 9.96 Å². The van der Waals surface area contributed by atoms with Gasteiger partial charge in [0, 0.05) is 13.1 Å². The van der Waals surface area contributed by atoms with E-state index in [-0.39, 0.29) is 17.2 Å². The number of nitrogens with zero attached hydrogens (tertiary/aromatic N) is 2. The first-order chi connectivity index (χ1) is 12.6. The standard InChI is InChI=1S/C19H22N2O6/c1-19(2,3)26-18(25)20(4)12-9-11(10-12)17(24)27-21-15(22)13-7-5-6-8-14(13)16(21)23/h5-8,11-12H,9-10H2,1-4H3. The van der Waals surface area contributed by atoms with Gasteiger partial charge in [-0.15, -0.1) is 0 Å². The summed E-state index contributed by atoms with van der Waals surface area (Å²) in [6, 6.07) is 6.15. The van der Waals surface area contributed by atoms with Crippen LogP contribution in [0.15, 0.2) is 24.3 Å². The van der Waals surface area contributed by atoms with Crippen molar-refractivity contribution in [3.63, 3.8) is 0 Å². The summed E-state index contributed by atoms with van der Waals surface area (Å²) in [7, 11) is 1.62. The van der Waals surface area contributed by atoms with E-state index in [1.807, 2.05) is 0 Å². The molecular weight excluding hydrogens is 352 g/mol. The Labute approximate surface area is 157 Å². The molecule has 0 bridgehead atoms. The molecule has 1 saturated carbocycles. The highest BCUT2D eigenvalue weighted by Gasteiger charge is 2.44. The number of fused-ring (bicyclic) bond motifs is 1. The minimum atomic E-state index is -0.654. The molecule has 1 fully saturated rings. The van der Waals surface area contributed by atoms with E-state index in [4.69, 9.17) is 9.57 Å². The van der Waals surface area contributed by atoms with Gasteiger partial charge in [0.15, 0.2) is 0 Å². The summed E-state index contributed by atoms with van der Waals surface area (Å²) in [6.45, 7) is 5.34. The zero-order valence-corrected chi connectivity index (χ0v) is 15.7. The van der Waals surface area contributed by atoms with Crippen LogP contribution in [0.2, 0.25) is 0 Å². The number of carbonyl (C=O) groups is 4. The Bertz CT molecular complexity index is 772. The highest BCUT2D eigenvalue weighted by molar-refractivity contribution is 6.20. The smallest absolute Gasteiger partial charge is 0.410 e. The molecule has 1 aliphatic heterocycles. The minimum Gasteiger partial charge on any atom is -0.444 e. The second-order valence-corrected chi connectivity index (χ2v) is 7.77. The Morgan fingerprint density at radius 1 is 1.07 bits per heavy atom. The molecule has 27 heavy (non-hydrogen) atoms. The van der Waals surface area contributed by atoms with Crippen LogP contribution in [-0.2, 0) is 14.4 Å². The van der Waals surface area contributed by atoms with Gasteiger partial charge in [0.05, 0.1) is 17.0 Å². The molecule has 2 aliphatic rings. The molecule has 0 radical (unpaired) electrons. The van der Waals surface area contributed by atoms with Crippen molar-refractivity contribution in [3.8, 4) is 0 Å². The lowest BCUT2D eigenvalue weighted by Crippen LogP contribution is -2.50. The number of hydrogen-bond acceptors (Lipinski definition) is 6. The van der Waals surface area contributed by atoms with Crippen molar-refractivity contribution >= 4 is 23.9 Å². The van der Waals surface area contributed by atoms with Crippen LogP contribution in [0.4, 0.5) is 4.79 Å². The summed E-state index contributed by atoms with van der Waals surface area (Å²) < 4.78 is 5.30. The predicted molar refractivity (Wildman–Crippen MR) is 93.5 cm³/mol. The molecule has 3 rings (SSSR count). The summed E-state index contributed by atoms with van der Waals surface area (Å²) in [6.07, 6.45) is 0.315. The lowest BCUT2D eigenvalue weighted by atomic mass is 9.79. The van der Waals surface area contributed by atoms with Crippen LogP contribution in [0, 0.1) is 5.92 Å². The summed E-state index contributed by atoms with van der Waals surface area (Å²) in [5, 5.41) is 0.512. The molecule has 1 aliphatic carbocycles. The Kier molecular flexibility index (Phi) is 4.67. The van der Waals surface area contributed by atoms with Crippen molar-refractivity contribution in [2.24, 2.45) is 5.92 Å². The van der Waals surface area contributed by atoms with Crippen molar-refractivity contribution in [3.05, 3.63) is 35.4 Å². The van der Waals surface area contributed by atoms with Gasteiger partial charge < -0.3 is 14.5 Å². The molecular formula is C19H22N2O6. The molecule has 144 valence electrons. The first kappa shape index (κ1) is 18.9.